The molecule has 0 atom stereocenters. The van der Waals surface area contributed by atoms with E-state index in [4.69, 9.17) is 0 Å². The Bertz CT molecular complexity index is 2720. The Hall–Kier alpha value is -6.44. The molecule has 0 aromatic heterocycles. The van der Waals surface area contributed by atoms with Gasteiger partial charge in [-0.15, -0.1) is 0 Å². The van der Waals surface area contributed by atoms with E-state index in [1.807, 2.05) is 0 Å². The first-order chi connectivity index (χ1) is 26.5. The van der Waals surface area contributed by atoms with Gasteiger partial charge < -0.3 is 4.90 Å². The maximum atomic E-state index is 2.51. The van der Waals surface area contributed by atoms with Crippen molar-refractivity contribution in [1.29, 1.82) is 0 Å². The van der Waals surface area contributed by atoms with E-state index in [2.05, 4.69) is 207 Å². The first-order valence-electron chi connectivity index (χ1n) is 19.2. The van der Waals surface area contributed by atoms with Gasteiger partial charge in [-0.1, -0.05) is 172 Å². The Morgan fingerprint density at radius 1 is 0.389 bits per heavy atom. The molecular weight excluding hydrogens is 651 g/mol. The largest absolute Gasteiger partial charge is 0.310 e. The molecular formula is C53H39N. The zero-order valence-corrected chi connectivity index (χ0v) is 30.6. The Morgan fingerprint density at radius 3 is 1.61 bits per heavy atom. The van der Waals surface area contributed by atoms with E-state index < -0.39 is 5.41 Å². The van der Waals surface area contributed by atoms with Gasteiger partial charge in [-0.2, -0.15) is 0 Å². The van der Waals surface area contributed by atoms with Crippen molar-refractivity contribution in [3.8, 4) is 33.4 Å². The average molecular weight is 690 g/mol. The fraction of sp³-hybridized carbons (Fsp3) is 0.0943. The first-order valence-corrected chi connectivity index (χ1v) is 19.2. The van der Waals surface area contributed by atoms with Gasteiger partial charge in [0.15, 0.2) is 0 Å². The summed E-state index contributed by atoms with van der Waals surface area (Å²) in [6.45, 7) is 4.74. The van der Waals surface area contributed by atoms with E-state index >= 15 is 0 Å². The van der Waals surface area contributed by atoms with Crippen LogP contribution in [0.5, 0.6) is 0 Å². The van der Waals surface area contributed by atoms with E-state index in [0.717, 1.165) is 12.1 Å². The fourth-order valence-corrected chi connectivity index (χ4v) is 10.2. The summed E-state index contributed by atoms with van der Waals surface area (Å²) in [5.74, 6) is 0. The Labute approximate surface area is 317 Å². The second-order valence-electron chi connectivity index (χ2n) is 15.6. The predicted octanol–water partition coefficient (Wildman–Crippen LogP) is 13.4. The van der Waals surface area contributed by atoms with Crippen molar-refractivity contribution in [2.24, 2.45) is 0 Å². The van der Waals surface area contributed by atoms with Crippen LogP contribution in [0.3, 0.4) is 0 Å². The van der Waals surface area contributed by atoms with Gasteiger partial charge in [0.05, 0.1) is 11.1 Å². The van der Waals surface area contributed by atoms with Crippen molar-refractivity contribution >= 4 is 17.1 Å². The summed E-state index contributed by atoms with van der Waals surface area (Å²) in [6, 6.07) is 70.4. The topological polar surface area (TPSA) is 3.24 Å². The zero-order chi connectivity index (χ0) is 36.0. The summed E-state index contributed by atoms with van der Waals surface area (Å²) >= 11 is 0. The summed E-state index contributed by atoms with van der Waals surface area (Å²) in [5.41, 5.74) is 21.7. The van der Waals surface area contributed by atoms with Crippen molar-refractivity contribution < 1.29 is 0 Å². The van der Waals surface area contributed by atoms with Gasteiger partial charge >= 0.3 is 0 Å². The van der Waals surface area contributed by atoms with E-state index in [1.165, 1.54) is 89.3 Å². The molecule has 0 bridgehead atoms. The monoisotopic (exact) mass is 689 g/mol. The van der Waals surface area contributed by atoms with Crippen LogP contribution in [0.4, 0.5) is 17.1 Å². The smallest absolute Gasteiger partial charge is 0.0713 e. The van der Waals surface area contributed by atoms with Gasteiger partial charge in [0, 0.05) is 22.4 Å². The highest BCUT2D eigenvalue weighted by molar-refractivity contribution is 5.95. The molecule has 256 valence electrons. The summed E-state index contributed by atoms with van der Waals surface area (Å²) in [7, 11) is 0. The van der Waals surface area contributed by atoms with Gasteiger partial charge in [-0.3, -0.25) is 0 Å². The molecule has 8 aromatic rings. The highest BCUT2D eigenvalue weighted by Crippen LogP contribution is 2.57. The number of hydrogen-bond acceptors (Lipinski definition) is 1. The van der Waals surface area contributed by atoms with Crippen LogP contribution >= 0.6 is 0 Å². The molecule has 1 heteroatoms. The Balaban J connectivity index is 1.13. The van der Waals surface area contributed by atoms with E-state index in [0.29, 0.717) is 0 Å². The minimum Gasteiger partial charge on any atom is -0.310 e. The molecule has 0 unspecified atom stereocenters. The molecule has 1 nitrogen and oxygen atoms in total. The normalized spacial score (nSPS) is 14.7. The molecule has 0 aliphatic heterocycles. The number of rotatable bonds is 5. The predicted molar refractivity (Wildman–Crippen MR) is 224 cm³/mol. The third-order valence-corrected chi connectivity index (χ3v) is 12.6. The molecule has 0 heterocycles. The highest BCUT2D eigenvalue weighted by Gasteiger charge is 2.46. The van der Waals surface area contributed by atoms with Crippen LogP contribution in [0.15, 0.2) is 188 Å². The average Bonchev–Trinajstić information content (AvgIpc) is 3.83. The minimum absolute atomic E-state index is 0.103. The SMILES string of the molecule is CC1(C)c2ccccc2-c2ccc(N(c3ccc(C4(c5ccccc5)c5ccccc5-c5ccccc54)cc3)c3cccc4c3-c3ccccc3C4)cc21. The van der Waals surface area contributed by atoms with Gasteiger partial charge in [-0.25, -0.2) is 0 Å². The molecule has 0 fully saturated rings. The van der Waals surface area contributed by atoms with Crippen LogP contribution in [-0.4, -0.2) is 0 Å². The molecule has 0 saturated carbocycles. The summed E-state index contributed by atoms with van der Waals surface area (Å²) in [5, 5.41) is 0. The van der Waals surface area contributed by atoms with Gasteiger partial charge in [0.1, 0.15) is 0 Å². The van der Waals surface area contributed by atoms with Crippen LogP contribution in [0.2, 0.25) is 0 Å². The number of hydrogen-bond donors (Lipinski definition) is 0. The summed E-state index contributed by atoms with van der Waals surface area (Å²) in [6.07, 6.45) is 0.955. The molecule has 3 aliphatic carbocycles. The molecule has 0 spiro atoms. The van der Waals surface area contributed by atoms with Gasteiger partial charge in [0.25, 0.3) is 0 Å². The lowest BCUT2D eigenvalue weighted by Crippen LogP contribution is -2.28. The number of benzene rings is 8. The number of nitrogens with zero attached hydrogens (tertiary/aromatic N) is 1. The minimum atomic E-state index is -0.436. The number of fused-ring (bicyclic) bond motifs is 9. The van der Waals surface area contributed by atoms with Crippen molar-refractivity contribution in [2.75, 3.05) is 4.90 Å². The Kier molecular flexibility index (Phi) is 6.64. The lowest BCUT2D eigenvalue weighted by molar-refractivity contribution is 0.660. The van der Waals surface area contributed by atoms with Crippen LogP contribution in [-0.2, 0) is 17.3 Å². The van der Waals surface area contributed by atoms with Gasteiger partial charge in [0.2, 0.25) is 0 Å². The van der Waals surface area contributed by atoms with E-state index in [9.17, 15) is 0 Å². The zero-order valence-electron chi connectivity index (χ0n) is 30.6. The third-order valence-electron chi connectivity index (χ3n) is 12.6. The molecule has 8 aromatic carbocycles. The highest BCUT2D eigenvalue weighted by atomic mass is 15.1. The number of anilines is 3. The molecule has 3 aliphatic rings. The second kappa shape index (κ2) is 11.5. The molecule has 0 N–H and O–H groups in total. The van der Waals surface area contributed by atoms with Gasteiger partial charge in [-0.05, 0) is 109 Å². The molecule has 0 saturated heterocycles. The fourth-order valence-electron chi connectivity index (χ4n) is 10.2. The standard InChI is InChI=1S/C53H39N/c1-52(2)46-23-11-8-20-42(46)45-32-31-40(34-49(45)52)54(50-26-14-16-36-33-35-15-6-7-19-41(35)51(36)50)39-29-27-38(28-30-39)53(37-17-4-3-5-18-37)47-24-12-9-21-43(47)44-22-10-13-25-48(44)53/h3-32,34H,33H2,1-2H3. The lowest BCUT2D eigenvalue weighted by Gasteiger charge is -2.35. The molecule has 11 rings (SSSR count). The van der Waals surface area contributed by atoms with E-state index in [-0.39, 0.29) is 5.41 Å². The quantitative estimate of drug-likeness (QED) is 0.174. The third kappa shape index (κ3) is 4.21. The maximum Gasteiger partial charge on any atom is 0.0713 e. The van der Waals surface area contributed by atoms with Crippen LogP contribution in [0, 0.1) is 0 Å². The first kappa shape index (κ1) is 31.1. The van der Waals surface area contributed by atoms with Crippen LogP contribution in [0.1, 0.15) is 58.4 Å². The summed E-state index contributed by atoms with van der Waals surface area (Å²) < 4.78 is 0. The van der Waals surface area contributed by atoms with E-state index in [1.54, 1.807) is 0 Å². The summed E-state index contributed by atoms with van der Waals surface area (Å²) in [4.78, 5) is 2.51. The van der Waals surface area contributed by atoms with Crippen molar-refractivity contribution in [3.05, 3.63) is 233 Å². The molecule has 0 amide bonds. The molecule has 54 heavy (non-hydrogen) atoms. The van der Waals surface area contributed by atoms with Crippen LogP contribution in [0.25, 0.3) is 33.4 Å². The van der Waals surface area contributed by atoms with Crippen LogP contribution < -0.4 is 4.90 Å². The van der Waals surface area contributed by atoms with Crippen molar-refractivity contribution in [1.82, 2.24) is 0 Å². The van der Waals surface area contributed by atoms with Crippen molar-refractivity contribution in [3.63, 3.8) is 0 Å². The van der Waals surface area contributed by atoms with Crippen molar-refractivity contribution in [2.45, 2.75) is 31.1 Å². The maximum absolute atomic E-state index is 2.51. The second-order valence-corrected chi connectivity index (χ2v) is 15.6. The lowest BCUT2D eigenvalue weighted by atomic mass is 9.68. The molecule has 0 radical (unpaired) electrons. The Morgan fingerprint density at radius 2 is 0.907 bits per heavy atom.